The summed E-state index contributed by atoms with van der Waals surface area (Å²) in [6.45, 7) is 2.89. The molecule has 0 bridgehead atoms. The maximum absolute atomic E-state index is 12.9. The highest BCUT2D eigenvalue weighted by molar-refractivity contribution is 7.90. The molecule has 2 heterocycles. The number of fused-ring (bicyclic) bond motifs is 1. The summed E-state index contributed by atoms with van der Waals surface area (Å²) in [4.78, 5) is 17.0. The van der Waals surface area contributed by atoms with Gasteiger partial charge in [-0.1, -0.05) is 84.0 Å². The second-order valence-electron chi connectivity index (χ2n) is 11.0. The molecule has 9 heteroatoms. The Labute approximate surface area is 232 Å². The zero-order chi connectivity index (χ0) is 27.0. The van der Waals surface area contributed by atoms with Gasteiger partial charge >= 0.3 is 16.2 Å². The number of carbonyl (C=O) groups is 1. The third kappa shape index (κ3) is 8.02. The summed E-state index contributed by atoms with van der Waals surface area (Å²) in [5.41, 5.74) is 1.35. The minimum atomic E-state index is -3.76. The van der Waals surface area contributed by atoms with Crippen LogP contribution in [0, 0.1) is 5.92 Å². The van der Waals surface area contributed by atoms with Gasteiger partial charge in [-0.3, -0.25) is 4.72 Å². The van der Waals surface area contributed by atoms with Crippen LogP contribution in [0.25, 0.3) is 0 Å². The van der Waals surface area contributed by atoms with E-state index in [4.69, 9.17) is 10.1 Å². The number of nitrogens with one attached hydrogen (secondary N) is 1. The van der Waals surface area contributed by atoms with E-state index in [-0.39, 0.29) is 12.1 Å². The maximum atomic E-state index is 12.9. The number of rotatable bonds is 12. The van der Waals surface area contributed by atoms with Crippen molar-refractivity contribution < 1.29 is 18.3 Å². The summed E-state index contributed by atoms with van der Waals surface area (Å²) < 4.78 is 29.9. The van der Waals surface area contributed by atoms with Crippen LogP contribution in [0.1, 0.15) is 129 Å². The lowest BCUT2D eigenvalue weighted by atomic mass is 9.91. The normalized spacial score (nSPS) is 20.9. The molecule has 1 aromatic heterocycles. The standard InChI is InChI=1S/C29H43N3O4S2/c1-2-3-4-5-6-7-11-22-12-8-9-14-23(15-10-13-22)28-30-26-20-32(21-27(26)37-28)38(35,36)31-25-18-16-24(17-19-25)29(33)34/h16-19,22-23,31H,2-15,20-21H2,1H3,(H,33,34). The van der Waals surface area contributed by atoms with Crippen molar-refractivity contribution in [2.75, 3.05) is 4.72 Å². The number of unbranched alkanes of at least 4 members (excludes halogenated alkanes) is 5. The van der Waals surface area contributed by atoms with Crippen molar-refractivity contribution in [3.05, 3.63) is 45.4 Å². The van der Waals surface area contributed by atoms with Crippen molar-refractivity contribution >= 4 is 33.2 Å². The highest BCUT2D eigenvalue weighted by atomic mass is 32.2. The summed E-state index contributed by atoms with van der Waals surface area (Å²) in [6, 6.07) is 5.73. The molecule has 1 fully saturated rings. The molecule has 1 aliphatic carbocycles. The first kappa shape index (κ1) is 29.0. The van der Waals surface area contributed by atoms with Gasteiger partial charge in [-0.25, -0.2) is 9.78 Å². The highest BCUT2D eigenvalue weighted by Crippen LogP contribution is 2.39. The first-order valence-electron chi connectivity index (χ1n) is 14.5. The summed E-state index contributed by atoms with van der Waals surface area (Å²) in [6.07, 6.45) is 18.6. The van der Waals surface area contributed by atoms with Gasteiger partial charge in [0.2, 0.25) is 0 Å². The zero-order valence-corrected chi connectivity index (χ0v) is 24.3. The maximum Gasteiger partial charge on any atom is 0.335 e. The topological polar surface area (TPSA) is 99.6 Å². The lowest BCUT2D eigenvalue weighted by Crippen LogP contribution is -2.31. The Hall–Kier alpha value is -1.97. The molecule has 38 heavy (non-hydrogen) atoms. The van der Waals surface area contributed by atoms with Gasteiger partial charge in [0.1, 0.15) is 0 Å². The lowest BCUT2D eigenvalue weighted by Gasteiger charge is -2.18. The molecule has 2 aromatic rings. The molecule has 0 spiro atoms. The quantitative estimate of drug-likeness (QED) is 0.259. The van der Waals surface area contributed by atoms with Gasteiger partial charge in [0, 0.05) is 16.5 Å². The number of nitrogens with zero attached hydrogens (tertiary/aromatic N) is 2. The number of benzene rings is 1. The Morgan fingerprint density at radius 1 is 1.00 bits per heavy atom. The monoisotopic (exact) mass is 561 g/mol. The number of carboxylic acid groups (broad SMARTS) is 1. The average molecular weight is 562 g/mol. The van der Waals surface area contributed by atoms with E-state index in [2.05, 4.69) is 11.6 Å². The van der Waals surface area contributed by atoms with E-state index in [1.807, 2.05) is 0 Å². The number of aromatic nitrogens is 1. The molecule has 0 radical (unpaired) electrons. The number of anilines is 1. The van der Waals surface area contributed by atoms with Crippen molar-refractivity contribution in [2.24, 2.45) is 5.92 Å². The van der Waals surface area contributed by atoms with Crippen LogP contribution in [-0.2, 0) is 23.3 Å². The zero-order valence-electron chi connectivity index (χ0n) is 22.7. The van der Waals surface area contributed by atoms with E-state index in [1.54, 1.807) is 11.3 Å². The van der Waals surface area contributed by atoms with Gasteiger partial charge in [-0.15, -0.1) is 11.3 Å². The van der Waals surface area contributed by atoms with E-state index in [0.717, 1.165) is 16.5 Å². The minimum Gasteiger partial charge on any atom is -0.478 e. The van der Waals surface area contributed by atoms with E-state index in [0.29, 0.717) is 18.2 Å². The molecule has 2 atom stereocenters. The van der Waals surface area contributed by atoms with Crippen LogP contribution in [-0.4, -0.2) is 28.8 Å². The van der Waals surface area contributed by atoms with E-state index >= 15 is 0 Å². The Morgan fingerprint density at radius 2 is 1.68 bits per heavy atom. The molecule has 1 saturated carbocycles. The van der Waals surface area contributed by atoms with E-state index in [9.17, 15) is 13.2 Å². The smallest absolute Gasteiger partial charge is 0.335 e. The largest absolute Gasteiger partial charge is 0.478 e. The molecule has 1 aromatic carbocycles. The number of carboxylic acids is 1. The fraction of sp³-hybridized carbons (Fsp3) is 0.655. The van der Waals surface area contributed by atoms with Crippen LogP contribution in [0.2, 0.25) is 0 Å². The molecule has 4 rings (SSSR count). The molecule has 210 valence electrons. The van der Waals surface area contributed by atoms with Gasteiger partial charge in [0.25, 0.3) is 0 Å². The summed E-state index contributed by atoms with van der Waals surface area (Å²) in [5, 5.41) is 10.2. The second-order valence-corrected chi connectivity index (χ2v) is 13.8. The lowest BCUT2D eigenvalue weighted by molar-refractivity contribution is 0.0697. The third-order valence-corrected chi connectivity index (χ3v) is 10.7. The number of aromatic carboxylic acids is 1. The fourth-order valence-electron chi connectivity index (χ4n) is 5.79. The fourth-order valence-corrected chi connectivity index (χ4v) is 8.28. The van der Waals surface area contributed by atoms with Crippen LogP contribution < -0.4 is 4.72 Å². The minimum absolute atomic E-state index is 0.117. The van der Waals surface area contributed by atoms with Gasteiger partial charge in [-0.2, -0.15) is 12.7 Å². The van der Waals surface area contributed by atoms with Crippen LogP contribution in [0.4, 0.5) is 5.69 Å². The second kappa shape index (κ2) is 13.9. The van der Waals surface area contributed by atoms with Gasteiger partial charge in [0.15, 0.2) is 0 Å². The highest BCUT2D eigenvalue weighted by Gasteiger charge is 2.33. The number of hydrogen-bond acceptors (Lipinski definition) is 5. The van der Waals surface area contributed by atoms with Crippen LogP contribution in [0.5, 0.6) is 0 Å². The van der Waals surface area contributed by atoms with Crippen LogP contribution in [0.15, 0.2) is 24.3 Å². The molecule has 7 nitrogen and oxygen atoms in total. The Balaban J connectivity index is 1.26. The van der Waals surface area contributed by atoms with Crippen molar-refractivity contribution in [1.82, 2.24) is 9.29 Å². The molecule has 2 aliphatic rings. The van der Waals surface area contributed by atoms with Crippen molar-refractivity contribution in [3.63, 3.8) is 0 Å². The summed E-state index contributed by atoms with van der Waals surface area (Å²) in [7, 11) is -3.76. The molecule has 0 saturated heterocycles. The first-order valence-corrected chi connectivity index (χ1v) is 16.7. The number of hydrogen-bond donors (Lipinski definition) is 2. The van der Waals surface area contributed by atoms with Gasteiger partial charge in [-0.05, 0) is 43.0 Å². The third-order valence-electron chi connectivity index (χ3n) is 8.05. The SMILES string of the molecule is CCCCCCCCC1CCCCC(c2nc3c(s2)CN(S(=O)(=O)Nc2ccc(C(=O)O)cc2)C3)CCC1. The molecule has 1 aliphatic heterocycles. The van der Waals surface area contributed by atoms with E-state index in [1.165, 1.54) is 123 Å². The Bertz CT molecular complexity index is 1120. The Kier molecular flexibility index (Phi) is 10.6. The van der Waals surface area contributed by atoms with Gasteiger partial charge in [0.05, 0.1) is 29.4 Å². The Morgan fingerprint density at radius 3 is 2.42 bits per heavy atom. The molecular formula is C29H43N3O4S2. The van der Waals surface area contributed by atoms with Crippen LogP contribution in [0.3, 0.4) is 0 Å². The molecule has 2 unspecified atom stereocenters. The molecule has 2 N–H and O–H groups in total. The predicted molar refractivity (Wildman–Crippen MR) is 154 cm³/mol. The summed E-state index contributed by atoms with van der Waals surface area (Å²) in [5.74, 6) is 0.334. The van der Waals surface area contributed by atoms with Crippen molar-refractivity contribution in [2.45, 2.75) is 116 Å². The van der Waals surface area contributed by atoms with Gasteiger partial charge < -0.3 is 5.11 Å². The first-order chi connectivity index (χ1) is 18.4. The number of thiazole rings is 1. The van der Waals surface area contributed by atoms with E-state index < -0.39 is 16.2 Å². The van der Waals surface area contributed by atoms with Crippen molar-refractivity contribution in [3.8, 4) is 0 Å². The molecular weight excluding hydrogens is 518 g/mol. The summed E-state index contributed by atoms with van der Waals surface area (Å²) >= 11 is 1.70. The van der Waals surface area contributed by atoms with Crippen molar-refractivity contribution in [1.29, 1.82) is 0 Å². The predicted octanol–water partition coefficient (Wildman–Crippen LogP) is 7.71. The average Bonchev–Trinajstić information content (AvgIpc) is 3.49. The molecule has 0 amide bonds. The van der Waals surface area contributed by atoms with Crippen LogP contribution >= 0.6 is 11.3 Å².